The molecular formula is C24H18BrN3O6. The summed E-state index contributed by atoms with van der Waals surface area (Å²) in [6, 6.07) is 17.6. The van der Waals surface area contributed by atoms with Gasteiger partial charge in [0.25, 0.3) is 5.88 Å². The number of hydrogen-bond acceptors (Lipinski definition) is 7. The molecule has 172 valence electrons. The summed E-state index contributed by atoms with van der Waals surface area (Å²) < 4.78 is 12.2. The lowest BCUT2D eigenvalue weighted by atomic mass is 10.1. The van der Waals surface area contributed by atoms with E-state index in [1.807, 2.05) is 42.5 Å². The van der Waals surface area contributed by atoms with Crippen LogP contribution in [0.15, 0.2) is 63.9 Å². The van der Waals surface area contributed by atoms with Crippen molar-refractivity contribution in [2.75, 3.05) is 7.11 Å². The average molecular weight is 524 g/mol. The molecule has 0 spiro atoms. The van der Waals surface area contributed by atoms with Crippen molar-refractivity contribution in [2.45, 2.75) is 6.61 Å². The number of methoxy groups -OCH3 is 1. The lowest BCUT2D eigenvalue weighted by molar-refractivity contribution is -0.387. The highest BCUT2D eigenvalue weighted by Gasteiger charge is 2.21. The molecule has 2 N–H and O–H groups in total. The Kier molecular flexibility index (Phi) is 6.60. The monoisotopic (exact) mass is 523 g/mol. The van der Waals surface area contributed by atoms with Crippen molar-refractivity contribution in [3.63, 3.8) is 0 Å². The summed E-state index contributed by atoms with van der Waals surface area (Å²) in [4.78, 5) is 27.5. The first kappa shape index (κ1) is 23.0. The van der Waals surface area contributed by atoms with E-state index in [9.17, 15) is 20.0 Å². The third kappa shape index (κ3) is 4.76. The van der Waals surface area contributed by atoms with E-state index < -0.39 is 22.0 Å². The van der Waals surface area contributed by atoms with Crippen LogP contribution in [0, 0.1) is 10.1 Å². The first-order valence-electron chi connectivity index (χ1n) is 10.00. The summed E-state index contributed by atoms with van der Waals surface area (Å²) in [6.45, 7) is 0.332. The van der Waals surface area contributed by atoms with E-state index in [1.165, 1.54) is 13.2 Å². The van der Waals surface area contributed by atoms with E-state index >= 15 is 0 Å². The lowest BCUT2D eigenvalue weighted by Gasteiger charge is -2.14. The summed E-state index contributed by atoms with van der Waals surface area (Å²) in [5, 5.41) is 22.7. The Morgan fingerprint density at radius 2 is 1.94 bits per heavy atom. The summed E-state index contributed by atoms with van der Waals surface area (Å²) in [7, 11) is 1.52. The number of nitrogens with one attached hydrogen (secondary N) is 1. The number of aromatic nitrogens is 2. The van der Waals surface area contributed by atoms with Gasteiger partial charge in [-0.25, -0.2) is 0 Å². The molecule has 0 amide bonds. The van der Waals surface area contributed by atoms with Crippen LogP contribution in [0.1, 0.15) is 17.0 Å². The van der Waals surface area contributed by atoms with Crippen molar-refractivity contribution in [3.8, 4) is 17.4 Å². The summed E-state index contributed by atoms with van der Waals surface area (Å²) >= 11 is 3.51. The van der Waals surface area contributed by atoms with E-state index in [4.69, 9.17) is 9.47 Å². The maximum absolute atomic E-state index is 11.8. The molecule has 4 aromatic rings. The molecule has 0 fully saturated rings. The zero-order valence-electron chi connectivity index (χ0n) is 17.8. The minimum absolute atomic E-state index is 0.0422. The number of ether oxygens (including phenoxy) is 2. The van der Waals surface area contributed by atoms with Gasteiger partial charge in [-0.2, -0.15) is 4.98 Å². The largest absolute Gasteiger partial charge is 0.493 e. The maximum Gasteiger partial charge on any atom is 0.395 e. The van der Waals surface area contributed by atoms with Crippen LogP contribution in [0.3, 0.4) is 0 Å². The standard InChI is InChI=1S/C24H18BrN3O6/c1-33-19-12-14(9-10-20-26-23(29)21(28(31)32)24(30)27-20)11-18(25)22(19)34-13-16-7-4-6-15-5-2-3-8-17(15)16/h2-12H,13H2,1H3,(H2,26,27,29,30)/b10-9-. The van der Waals surface area contributed by atoms with Gasteiger partial charge in [0.2, 0.25) is 0 Å². The van der Waals surface area contributed by atoms with Gasteiger partial charge in [-0.1, -0.05) is 48.5 Å². The Labute approximate surface area is 201 Å². The predicted molar refractivity (Wildman–Crippen MR) is 131 cm³/mol. The molecule has 0 aliphatic rings. The molecule has 0 saturated carbocycles. The zero-order chi connectivity index (χ0) is 24.2. The summed E-state index contributed by atoms with van der Waals surface area (Å²) in [5.74, 6) is -0.00169. The molecule has 0 aliphatic heterocycles. The van der Waals surface area contributed by atoms with E-state index in [0.29, 0.717) is 28.1 Å². The molecule has 0 bridgehead atoms. The molecule has 0 saturated heterocycles. The highest BCUT2D eigenvalue weighted by atomic mass is 79.9. The van der Waals surface area contributed by atoms with Crippen LogP contribution >= 0.6 is 15.9 Å². The number of aromatic amines is 1. The van der Waals surface area contributed by atoms with Crippen LogP contribution < -0.4 is 15.0 Å². The molecule has 34 heavy (non-hydrogen) atoms. The third-order valence-electron chi connectivity index (χ3n) is 5.01. The minimum atomic E-state index is -1.05. The van der Waals surface area contributed by atoms with Gasteiger partial charge in [0, 0.05) is 0 Å². The van der Waals surface area contributed by atoms with Gasteiger partial charge in [-0.3, -0.25) is 14.9 Å². The lowest BCUT2D eigenvalue weighted by Crippen LogP contribution is -2.14. The van der Waals surface area contributed by atoms with Gasteiger partial charge in [0.05, 0.1) is 16.5 Å². The highest BCUT2D eigenvalue weighted by molar-refractivity contribution is 9.10. The van der Waals surface area contributed by atoms with Crippen LogP contribution in [-0.4, -0.2) is 27.1 Å². The third-order valence-corrected chi connectivity index (χ3v) is 5.60. The van der Waals surface area contributed by atoms with Crippen molar-refractivity contribution < 1.29 is 19.5 Å². The van der Waals surface area contributed by atoms with Crippen LogP contribution in [0.2, 0.25) is 0 Å². The maximum atomic E-state index is 11.8. The fraction of sp³-hybridized carbons (Fsp3) is 0.0833. The van der Waals surface area contributed by atoms with Crippen LogP contribution in [-0.2, 0) is 6.61 Å². The van der Waals surface area contributed by atoms with Gasteiger partial charge in [-0.05, 0) is 56.0 Å². The first-order valence-corrected chi connectivity index (χ1v) is 10.8. The Balaban J connectivity index is 1.59. The first-order chi connectivity index (χ1) is 16.4. The zero-order valence-corrected chi connectivity index (χ0v) is 19.4. The molecule has 0 radical (unpaired) electrons. The Morgan fingerprint density at radius 1 is 1.18 bits per heavy atom. The summed E-state index contributed by atoms with van der Waals surface area (Å²) in [6.07, 6.45) is 3.01. The number of fused-ring (bicyclic) bond motifs is 1. The number of benzene rings is 3. The van der Waals surface area contributed by atoms with Crippen molar-refractivity contribution in [2.24, 2.45) is 0 Å². The summed E-state index contributed by atoms with van der Waals surface area (Å²) in [5.41, 5.74) is -0.354. The number of aromatic hydroxyl groups is 1. The highest BCUT2D eigenvalue weighted by Crippen LogP contribution is 2.38. The number of rotatable bonds is 7. The molecule has 10 heteroatoms. The smallest absolute Gasteiger partial charge is 0.395 e. The number of hydrogen-bond donors (Lipinski definition) is 2. The van der Waals surface area contributed by atoms with Crippen molar-refractivity contribution in [1.29, 1.82) is 0 Å². The molecule has 0 unspecified atom stereocenters. The SMILES string of the molecule is COc1cc(/C=C\c2nc(O)c([N+](=O)[O-])c(=O)[nH]2)cc(Br)c1OCc1cccc2ccccc12. The Morgan fingerprint density at radius 3 is 2.68 bits per heavy atom. The van der Waals surface area contributed by atoms with Crippen molar-refractivity contribution >= 4 is 44.5 Å². The molecule has 3 aromatic carbocycles. The second-order valence-corrected chi connectivity index (χ2v) is 8.03. The molecular weight excluding hydrogens is 506 g/mol. The molecule has 0 aliphatic carbocycles. The van der Waals surface area contributed by atoms with E-state index in [-0.39, 0.29) is 5.82 Å². The predicted octanol–water partition coefficient (Wildman–Crippen LogP) is 5.06. The average Bonchev–Trinajstić information content (AvgIpc) is 2.81. The second-order valence-electron chi connectivity index (χ2n) is 7.17. The van der Waals surface area contributed by atoms with Gasteiger partial charge >= 0.3 is 11.2 Å². The van der Waals surface area contributed by atoms with Crippen molar-refractivity contribution in [1.82, 2.24) is 9.97 Å². The van der Waals surface area contributed by atoms with Crippen LogP contribution in [0.4, 0.5) is 5.69 Å². The topological polar surface area (TPSA) is 128 Å². The molecule has 0 atom stereocenters. The van der Waals surface area contributed by atoms with E-state index in [1.54, 1.807) is 18.2 Å². The molecule has 1 heterocycles. The van der Waals surface area contributed by atoms with Crippen LogP contribution in [0.5, 0.6) is 17.4 Å². The number of H-pyrrole nitrogens is 1. The van der Waals surface area contributed by atoms with E-state index in [2.05, 4.69) is 25.9 Å². The molecule has 4 rings (SSSR count). The van der Waals surface area contributed by atoms with Gasteiger partial charge in [0.15, 0.2) is 11.5 Å². The van der Waals surface area contributed by atoms with Gasteiger partial charge in [0.1, 0.15) is 12.4 Å². The molecule has 9 nitrogen and oxygen atoms in total. The Hall–Kier alpha value is -4.18. The van der Waals surface area contributed by atoms with Crippen LogP contribution in [0.25, 0.3) is 22.9 Å². The number of halogens is 1. The quantitative estimate of drug-likeness (QED) is 0.256. The fourth-order valence-electron chi connectivity index (χ4n) is 3.44. The van der Waals surface area contributed by atoms with E-state index in [0.717, 1.165) is 16.3 Å². The fourth-order valence-corrected chi connectivity index (χ4v) is 4.01. The van der Waals surface area contributed by atoms with Crippen molar-refractivity contribution in [3.05, 3.63) is 96.5 Å². The van der Waals surface area contributed by atoms with Gasteiger partial charge in [-0.15, -0.1) is 0 Å². The second kappa shape index (κ2) is 9.75. The number of nitrogens with zero attached hydrogens (tertiary/aromatic N) is 2. The minimum Gasteiger partial charge on any atom is -0.493 e. The molecule has 1 aromatic heterocycles. The normalized spacial score (nSPS) is 11.1. The number of nitro groups is 1. The van der Waals surface area contributed by atoms with Gasteiger partial charge < -0.3 is 19.6 Å². The Bertz CT molecular complexity index is 1480.